The molecular formula is C19H37N3O. The molecule has 0 aromatic carbocycles. The molecule has 0 bridgehead atoms. The van der Waals surface area contributed by atoms with Gasteiger partial charge >= 0.3 is 0 Å². The molecule has 0 aromatic rings. The van der Waals surface area contributed by atoms with Gasteiger partial charge in [0, 0.05) is 24.0 Å². The Morgan fingerprint density at radius 2 is 1.61 bits per heavy atom. The number of hydrogen-bond acceptors (Lipinski definition) is 3. The van der Waals surface area contributed by atoms with Crippen molar-refractivity contribution >= 4 is 5.91 Å². The zero-order valence-electron chi connectivity index (χ0n) is 15.9. The Labute approximate surface area is 143 Å². The van der Waals surface area contributed by atoms with E-state index in [1.54, 1.807) is 0 Å². The maximum atomic E-state index is 12.3. The van der Waals surface area contributed by atoms with Crippen molar-refractivity contribution in [3.05, 3.63) is 0 Å². The van der Waals surface area contributed by atoms with E-state index < -0.39 is 0 Å². The van der Waals surface area contributed by atoms with E-state index in [0.717, 1.165) is 31.8 Å². The maximum Gasteiger partial charge on any atom is 0.223 e. The van der Waals surface area contributed by atoms with Gasteiger partial charge in [-0.25, -0.2) is 0 Å². The standard InChI is InChI=1S/C19H37N3O/c1-15(2)22-12-6-16(7-13-22)14-21-10-8-17(9-11-21)18(23)20-19(3,4)5/h15-17H,6-14H2,1-5H3,(H,20,23). The molecule has 0 spiro atoms. The van der Waals surface area contributed by atoms with Crippen molar-refractivity contribution in [2.24, 2.45) is 11.8 Å². The predicted octanol–water partition coefficient (Wildman–Crippen LogP) is 2.73. The smallest absolute Gasteiger partial charge is 0.223 e. The molecule has 1 N–H and O–H groups in total. The maximum absolute atomic E-state index is 12.3. The average molecular weight is 324 g/mol. The molecule has 4 heteroatoms. The first-order chi connectivity index (χ1) is 10.7. The third-order valence-electron chi connectivity index (χ3n) is 5.35. The second kappa shape index (κ2) is 7.98. The fourth-order valence-electron chi connectivity index (χ4n) is 3.87. The van der Waals surface area contributed by atoms with Crippen molar-refractivity contribution in [1.29, 1.82) is 0 Å². The van der Waals surface area contributed by atoms with Crippen molar-refractivity contribution in [1.82, 2.24) is 15.1 Å². The third-order valence-corrected chi connectivity index (χ3v) is 5.35. The highest BCUT2D eigenvalue weighted by molar-refractivity contribution is 5.79. The molecule has 2 aliphatic rings. The van der Waals surface area contributed by atoms with Gasteiger partial charge < -0.3 is 15.1 Å². The Hall–Kier alpha value is -0.610. The van der Waals surface area contributed by atoms with E-state index in [2.05, 4.69) is 49.7 Å². The fourth-order valence-corrected chi connectivity index (χ4v) is 3.87. The molecule has 0 aromatic heterocycles. The van der Waals surface area contributed by atoms with E-state index in [9.17, 15) is 4.79 Å². The molecule has 2 saturated heterocycles. The Balaban J connectivity index is 1.68. The summed E-state index contributed by atoms with van der Waals surface area (Å²) < 4.78 is 0. The lowest BCUT2D eigenvalue weighted by Crippen LogP contribution is -2.48. The van der Waals surface area contributed by atoms with E-state index in [1.165, 1.54) is 32.5 Å². The summed E-state index contributed by atoms with van der Waals surface area (Å²) in [5.74, 6) is 1.32. The predicted molar refractivity (Wildman–Crippen MR) is 96.5 cm³/mol. The number of carbonyl (C=O) groups is 1. The zero-order chi connectivity index (χ0) is 17.0. The normalized spacial score (nSPS) is 23.4. The second-order valence-corrected chi connectivity index (χ2v) is 8.89. The Morgan fingerprint density at radius 1 is 1.04 bits per heavy atom. The van der Waals surface area contributed by atoms with Crippen LogP contribution in [0.2, 0.25) is 0 Å². The summed E-state index contributed by atoms with van der Waals surface area (Å²) in [4.78, 5) is 17.5. The third kappa shape index (κ3) is 6.07. The average Bonchev–Trinajstić information content (AvgIpc) is 2.46. The first-order valence-corrected chi connectivity index (χ1v) is 9.53. The molecule has 0 unspecified atom stereocenters. The van der Waals surface area contributed by atoms with E-state index in [0.29, 0.717) is 6.04 Å². The van der Waals surface area contributed by atoms with Gasteiger partial charge in [-0.2, -0.15) is 0 Å². The molecule has 0 aliphatic carbocycles. The van der Waals surface area contributed by atoms with E-state index in [-0.39, 0.29) is 17.4 Å². The van der Waals surface area contributed by atoms with Gasteiger partial charge in [-0.15, -0.1) is 0 Å². The Kier molecular flexibility index (Phi) is 6.49. The Bertz CT molecular complexity index is 373. The van der Waals surface area contributed by atoms with Crippen LogP contribution in [0.5, 0.6) is 0 Å². The molecule has 134 valence electrons. The minimum Gasteiger partial charge on any atom is -0.351 e. The summed E-state index contributed by atoms with van der Waals surface area (Å²) in [6.07, 6.45) is 4.71. The lowest BCUT2D eigenvalue weighted by Gasteiger charge is -2.39. The highest BCUT2D eigenvalue weighted by atomic mass is 16.2. The molecule has 0 atom stereocenters. The van der Waals surface area contributed by atoms with Crippen LogP contribution < -0.4 is 5.32 Å². The van der Waals surface area contributed by atoms with E-state index in [1.807, 2.05) is 0 Å². The van der Waals surface area contributed by atoms with Crippen LogP contribution in [-0.2, 0) is 4.79 Å². The summed E-state index contributed by atoms with van der Waals surface area (Å²) in [5.41, 5.74) is -0.112. The van der Waals surface area contributed by atoms with Gasteiger partial charge in [-0.3, -0.25) is 4.79 Å². The Morgan fingerprint density at radius 3 is 2.09 bits per heavy atom. The van der Waals surface area contributed by atoms with E-state index >= 15 is 0 Å². The summed E-state index contributed by atoms with van der Waals surface area (Å²) in [6, 6.07) is 0.688. The van der Waals surface area contributed by atoms with Crippen molar-refractivity contribution in [3.8, 4) is 0 Å². The minimum absolute atomic E-state index is 0.112. The number of nitrogens with one attached hydrogen (secondary N) is 1. The monoisotopic (exact) mass is 323 g/mol. The largest absolute Gasteiger partial charge is 0.351 e. The van der Waals surface area contributed by atoms with Gasteiger partial charge in [0.2, 0.25) is 5.91 Å². The van der Waals surface area contributed by atoms with Gasteiger partial charge in [-0.1, -0.05) is 0 Å². The molecule has 2 rings (SSSR count). The lowest BCUT2D eigenvalue weighted by atomic mass is 9.91. The van der Waals surface area contributed by atoms with Crippen LogP contribution in [0.1, 0.15) is 60.3 Å². The van der Waals surface area contributed by atoms with Gasteiger partial charge in [0.05, 0.1) is 0 Å². The fraction of sp³-hybridized carbons (Fsp3) is 0.947. The molecule has 2 aliphatic heterocycles. The molecule has 2 fully saturated rings. The summed E-state index contributed by atoms with van der Waals surface area (Å²) in [7, 11) is 0. The van der Waals surface area contributed by atoms with E-state index in [4.69, 9.17) is 0 Å². The first kappa shape index (κ1) is 18.7. The summed E-state index contributed by atoms with van der Waals surface area (Å²) >= 11 is 0. The molecule has 4 nitrogen and oxygen atoms in total. The van der Waals surface area contributed by atoms with Crippen LogP contribution in [0.15, 0.2) is 0 Å². The number of nitrogens with zero attached hydrogens (tertiary/aromatic N) is 2. The molecule has 0 saturated carbocycles. The molecule has 1 amide bonds. The topological polar surface area (TPSA) is 35.6 Å². The van der Waals surface area contributed by atoms with Crippen molar-refractivity contribution < 1.29 is 4.79 Å². The number of carbonyl (C=O) groups excluding carboxylic acids is 1. The zero-order valence-corrected chi connectivity index (χ0v) is 15.9. The summed E-state index contributed by atoms with van der Waals surface area (Å²) in [6.45, 7) is 16.7. The van der Waals surface area contributed by atoms with Crippen LogP contribution in [0.4, 0.5) is 0 Å². The lowest BCUT2D eigenvalue weighted by molar-refractivity contribution is -0.127. The number of likely N-dealkylation sites (tertiary alicyclic amines) is 2. The molecule has 23 heavy (non-hydrogen) atoms. The molecular weight excluding hydrogens is 286 g/mol. The highest BCUT2D eigenvalue weighted by Crippen LogP contribution is 2.24. The first-order valence-electron chi connectivity index (χ1n) is 9.53. The number of rotatable bonds is 4. The van der Waals surface area contributed by atoms with Crippen LogP contribution in [0.25, 0.3) is 0 Å². The second-order valence-electron chi connectivity index (χ2n) is 8.89. The van der Waals surface area contributed by atoms with Crippen molar-refractivity contribution in [2.75, 3.05) is 32.7 Å². The van der Waals surface area contributed by atoms with Crippen LogP contribution in [0, 0.1) is 11.8 Å². The summed E-state index contributed by atoms with van der Waals surface area (Å²) in [5, 5.41) is 3.14. The van der Waals surface area contributed by atoms with Gasteiger partial charge in [0.25, 0.3) is 0 Å². The molecule has 2 heterocycles. The van der Waals surface area contributed by atoms with Crippen LogP contribution in [0.3, 0.4) is 0 Å². The number of piperidine rings is 2. The van der Waals surface area contributed by atoms with Crippen LogP contribution in [-0.4, -0.2) is 60.0 Å². The van der Waals surface area contributed by atoms with Crippen LogP contribution >= 0.6 is 0 Å². The SMILES string of the molecule is CC(C)N1CCC(CN2CCC(C(=O)NC(C)(C)C)CC2)CC1. The highest BCUT2D eigenvalue weighted by Gasteiger charge is 2.29. The van der Waals surface area contributed by atoms with Gasteiger partial charge in [-0.05, 0) is 92.4 Å². The van der Waals surface area contributed by atoms with Crippen molar-refractivity contribution in [3.63, 3.8) is 0 Å². The quantitative estimate of drug-likeness (QED) is 0.864. The number of hydrogen-bond donors (Lipinski definition) is 1. The number of amides is 1. The van der Waals surface area contributed by atoms with Crippen molar-refractivity contribution in [2.45, 2.75) is 71.9 Å². The molecule has 0 radical (unpaired) electrons. The van der Waals surface area contributed by atoms with Gasteiger partial charge in [0.15, 0.2) is 0 Å². The van der Waals surface area contributed by atoms with Gasteiger partial charge in [0.1, 0.15) is 0 Å². The minimum atomic E-state index is -0.112.